The number of hydrogen-bond acceptors (Lipinski definition) is 3. The van der Waals surface area contributed by atoms with E-state index in [1.54, 1.807) is 7.05 Å². The molecule has 0 heterocycles. The Labute approximate surface area is 134 Å². The molecule has 0 saturated heterocycles. The molecule has 0 aromatic rings. The number of nitrogens with one attached hydrogen (secondary N) is 2. The van der Waals surface area contributed by atoms with Gasteiger partial charge in [-0.05, 0) is 39.0 Å². The number of hydrogen-bond donors (Lipinski definition) is 2. The first-order chi connectivity index (χ1) is 10.2. The summed E-state index contributed by atoms with van der Waals surface area (Å²) in [5, 5.41) is 5.36. The third-order valence-corrected chi connectivity index (χ3v) is 4.37. The van der Waals surface area contributed by atoms with Crippen LogP contribution in [0.2, 0.25) is 0 Å². The number of amides is 2. The second-order valence-electron chi connectivity index (χ2n) is 7.34. The standard InChI is InChI=1S/C17H32N2O3/c1-6-12-7-9-13(10-8-12)11-14(15(20)18-5)19-16(21)22-17(2,3)4/h12-14H,6-11H2,1-5H3,(H,18,20)(H,19,21)/t12?,13?,14-/m0/s1. The Morgan fingerprint density at radius 2 is 1.68 bits per heavy atom. The van der Waals surface area contributed by atoms with Crippen molar-refractivity contribution in [1.82, 2.24) is 10.6 Å². The Bertz CT molecular complexity index is 369. The second-order valence-corrected chi connectivity index (χ2v) is 7.34. The van der Waals surface area contributed by atoms with E-state index in [9.17, 15) is 9.59 Å². The van der Waals surface area contributed by atoms with Crippen molar-refractivity contribution in [2.24, 2.45) is 11.8 Å². The van der Waals surface area contributed by atoms with E-state index in [-0.39, 0.29) is 5.91 Å². The van der Waals surface area contributed by atoms with Crippen molar-refractivity contribution in [1.29, 1.82) is 0 Å². The summed E-state index contributed by atoms with van der Waals surface area (Å²) < 4.78 is 5.26. The molecule has 1 aliphatic rings. The maximum Gasteiger partial charge on any atom is 0.408 e. The van der Waals surface area contributed by atoms with Gasteiger partial charge >= 0.3 is 6.09 Å². The molecule has 1 fully saturated rings. The van der Waals surface area contributed by atoms with Crippen molar-refractivity contribution in [3.8, 4) is 0 Å². The second kappa shape index (κ2) is 8.39. The molecule has 0 aromatic heterocycles. The molecular formula is C17H32N2O3. The van der Waals surface area contributed by atoms with Gasteiger partial charge in [-0.3, -0.25) is 4.79 Å². The third kappa shape index (κ3) is 6.67. The van der Waals surface area contributed by atoms with Crippen LogP contribution < -0.4 is 10.6 Å². The van der Waals surface area contributed by atoms with Crippen molar-refractivity contribution in [2.75, 3.05) is 7.05 Å². The molecule has 128 valence electrons. The minimum Gasteiger partial charge on any atom is -0.444 e. The van der Waals surface area contributed by atoms with Crippen LogP contribution in [0.25, 0.3) is 0 Å². The summed E-state index contributed by atoms with van der Waals surface area (Å²) in [6.45, 7) is 7.68. The summed E-state index contributed by atoms with van der Waals surface area (Å²) in [5.41, 5.74) is -0.559. The highest BCUT2D eigenvalue weighted by Gasteiger charge is 2.28. The van der Waals surface area contributed by atoms with Crippen molar-refractivity contribution in [3.05, 3.63) is 0 Å². The molecule has 2 N–H and O–H groups in total. The van der Waals surface area contributed by atoms with Crippen molar-refractivity contribution in [2.45, 2.75) is 77.9 Å². The van der Waals surface area contributed by atoms with Gasteiger partial charge in [0, 0.05) is 7.05 Å². The van der Waals surface area contributed by atoms with Gasteiger partial charge in [-0.1, -0.05) is 39.0 Å². The molecule has 0 spiro atoms. The quantitative estimate of drug-likeness (QED) is 0.819. The molecule has 1 saturated carbocycles. The summed E-state index contributed by atoms with van der Waals surface area (Å²) in [5.74, 6) is 1.18. The SMILES string of the molecule is CCC1CCC(C[C@H](NC(=O)OC(C)(C)C)C(=O)NC)CC1. The third-order valence-electron chi connectivity index (χ3n) is 4.37. The average Bonchev–Trinajstić information content (AvgIpc) is 2.44. The summed E-state index contributed by atoms with van der Waals surface area (Å²) in [7, 11) is 1.60. The lowest BCUT2D eigenvalue weighted by Crippen LogP contribution is -2.48. The lowest BCUT2D eigenvalue weighted by atomic mass is 9.78. The fraction of sp³-hybridized carbons (Fsp3) is 0.882. The molecule has 5 heteroatoms. The van der Waals surface area contributed by atoms with E-state index < -0.39 is 17.7 Å². The number of carbonyl (C=O) groups excluding carboxylic acids is 2. The number of alkyl carbamates (subject to hydrolysis) is 1. The van der Waals surface area contributed by atoms with Gasteiger partial charge in [0.15, 0.2) is 0 Å². The highest BCUT2D eigenvalue weighted by atomic mass is 16.6. The zero-order valence-corrected chi connectivity index (χ0v) is 14.7. The summed E-state index contributed by atoms with van der Waals surface area (Å²) in [6.07, 6.45) is 6.15. The Morgan fingerprint density at radius 3 is 2.14 bits per heavy atom. The lowest BCUT2D eigenvalue weighted by molar-refractivity contribution is -0.123. The predicted molar refractivity (Wildman–Crippen MR) is 87.6 cm³/mol. The zero-order valence-electron chi connectivity index (χ0n) is 14.7. The van der Waals surface area contributed by atoms with Crippen LogP contribution in [-0.2, 0) is 9.53 Å². The van der Waals surface area contributed by atoms with Gasteiger partial charge in [0.25, 0.3) is 0 Å². The van der Waals surface area contributed by atoms with Crippen LogP contribution in [0.15, 0.2) is 0 Å². The molecule has 0 unspecified atom stereocenters. The predicted octanol–water partition coefficient (Wildman–Crippen LogP) is 3.23. The number of likely N-dealkylation sites (N-methyl/N-ethyl adjacent to an activating group) is 1. The molecule has 1 atom stereocenters. The van der Waals surface area contributed by atoms with E-state index in [1.807, 2.05) is 20.8 Å². The Hall–Kier alpha value is -1.26. The van der Waals surface area contributed by atoms with Crippen LogP contribution in [0.1, 0.15) is 66.2 Å². The van der Waals surface area contributed by atoms with E-state index in [1.165, 1.54) is 19.3 Å². The average molecular weight is 312 g/mol. The molecule has 5 nitrogen and oxygen atoms in total. The monoisotopic (exact) mass is 312 g/mol. The van der Waals surface area contributed by atoms with Crippen molar-refractivity contribution < 1.29 is 14.3 Å². The molecule has 2 amide bonds. The minimum absolute atomic E-state index is 0.150. The van der Waals surface area contributed by atoms with Gasteiger partial charge in [0.05, 0.1) is 0 Å². The molecule has 0 radical (unpaired) electrons. The van der Waals surface area contributed by atoms with E-state index in [0.717, 1.165) is 18.8 Å². The topological polar surface area (TPSA) is 67.4 Å². The fourth-order valence-corrected chi connectivity index (χ4v) is 3.06. The van der Waals surface area contributed by atoms with Gasteiger partial charge in [-0.15, -0.1) is 0 Å². The summed E-state index contributed by atoms with van der Waals surface area (Å²) in [4.78, 5) is 23.9. The molecule has 1 aliphatic carbocycles. The van der Waals surface area contributed by atoms with Crippen molar-refractivity contribution >= 4 is 12.0 Å². The Morgan fingerprint density at radius 1 is 1.14 bits per heavy atom. The van der Waals surface area contributed by atoms with E-state index >= 15 is 0 Å². The molecule has 0 aliphatic heterocycles. The molecular weight excluding hydrogens is 280 g/mol. The molecule has 0 aromatic carbocycles. The summed E-state index contributed by atoms with van der Waals surface area (Å²) >= 11 is 0. The first kappa shape index (κ1) is 18.8. The van der Waals surface area contributed by atoms with Crippen LogP contribution in [0, 0.1) is 11.8 Å². The highest BCUT2D eigenvalue weighted by molar-refractivity contribution is 5.85. The van der Waals surface area contributed by atoms with Crippen LogP contribution >= 0.6 is 0 Å². The molecule has 22 heavy (non-hydrogen) atoms. The normalized spacial score (nSPS) is 23.5. The Kier molecular flexibility index (Phi) is 7.17. The smallest absolute Gasteiger partial charge is 0.408 e. The van der Waals surface area contributed by atoms with Crippen LogP contribution in [-0.4, -0.2) is 30.7 Å². The zero-order chi connectivity index (χ0) is 16.8. The first-order valence-electron chi connectivity index (χ1n) is 8.46. The van der Waals surface area contributed by atoms with E-state index in [0.29, 0.717) is 12.3 Å². The lowest BCUT2D eigenvalue weighted by Gasteiger charge is -2.30. The largest absolute Gasteiger partial charge is 0.444 e. The van der Waals surface area contributed by atoms with Gasteiger partial charge in [0.2, 0.25) is 5.91 Å². The van der Waals surface area contributed by atoms with Gasteiger partial charge < -0.3 is 15.4 Å². The maximum atomic E-state index is 12.0. The Balaban J connectivity index is 2.54. The van der Waals surface area contributed by atoms with E-state index in [4.69, 9.17) is 4.74 Å². The van der Waals surface area contributed by atoms with Crippen molar-refractivity contribution in [3.63, 3.8) is 0 Å². The van der Waals surface area contributed by atoms with E-state index in [2.05, 4.69) is 17.6 Å². The first-order valence-corrected chi connectivity index (χ1v) is 8.46. The minimum atomic E-state index is -0.559. The van der Waals surface area contributed by atoms with Gasteiger partial charge in [-0.25, -0.2) is 4.79 Å². The number of ether oxygens (including phenoxy) is 1. The number of carbonyl (C=O) groups is 2. The molecule has 0 bridgehead atoms. The van der Waals surface area contributed by atoms with Gasteiger partial charge in [-0.2, -0.15) is 0 Å². The van der Waals surface area contributed by atoms with Crippen LogP contribution in [0.5, 0.6) is 0 Å². The number of rotatable bonds is 5. The molecule has 1 rings (SSSR count). The van der Waals surface area contributed by atoms with Gasteiger partial charge in [0.1, 0.15) is 11.6 Å². The highest BCUT2D eigenvalue weighted by Crippen LogP contribution is 2.33. The fourth-order valence-electron chi connectivity index (χ4n) is 3.06. The van der Waals surface area contributed by atoms with Crippen LogP contribution in [0.3, 0.4) is 0 Å². The maximum absolute atomic E-state index is 12.0. The summed E-state index contributed by atoms with van der Waals surface area (Å²) in [6, 6.07) is -0.511. The van der Waals surface area contributed by atoms with Crippen LogP contribution in [0.4, 0.5) is 4.79 Å².